The molecule has 0 radical (unpaired) electrons. The second kappa shape index (κ2) is 4.04. The Balaban J connectivity index is 2.23. The first kappa shape index (κ1) is 10.6. The predicted octanol–water partition coefficient (Wildman–Crippen LogP) is 3.79. The molecule has 1 aromatic heterocycles. The van der Waals surface area contributed by atoms with Crippen LogP contribution in [0.2, 0.25) is 0 Å². The Bertz CT molecular complexity index is 706. The number of hydrogen-bond acceptors (Lipinski definition) is 2. The van der Waals surface area contributed by atoms with Gasteiger partial charge in [-0.05, 0) is 11.6 Å². The number of phenols is 2. The molecule has 0 spiro atoms. The van der Waals surface area contributed by atoms with Crippen molar-refractivity contribution in [2.45, 2.75) is 0 Å². The van der Waals surface area contributed by atoms with Crippen molar-refractivity contribution in [3.05, 3.63) is 54.8 Å². The van der Waals surface area contributed by atoms with Gasteiger partial charge in [-0.25, -0.2) is 4.42 Å². The predicted molar refractivity (Wildman–Crippen MR) is 69.4 cm³/mol. The normalized spacial score (nSPS) is 10.7. The van der Waals surface area contributed by atoms with Crippen LogP contribution in [0.15, 0.2) is 59.2 Å². The van der Waals surface area contributed by atoms with Crippen molar-refractivity contribution in [1.29, 1.82) is 0 Å². The molecule has 0 aliphatic rings. The van der Waals surface area contributed by atoms with Crippen LogP contribution in [0.1, 0.15) is 0 Å². The second-order valence-electron chi connectivity index (χ2n) is 4.08. The van der Waals surface area contributed by atoms with Gasteiger partial charge >= 0.3 is 11.8 Å². The number of hydrogen-bond donors (Lipinski definition) is 2. The highest BCUT2D eigenvalue weighted by Crippen LogP contribution is 2.32. The lowest BCUT2D eigenvalue weighted by atomic mass is 10.1. The fourth-order valence-electron chi connectivity index (χ4n) is 1.94. The van der Waals surface area contributed by atoms with E-state index in [2.05, 4.69) is 0 Å². The van der Waals surface area contributed by atoms with Gasteiger partial charge < -0.3 is 10.2 Å². The third kappa shape index (κ3) is 1.76. The van der Waals surface area contributed by atoms with Crippen LogP contribution < -0.4 is 0 Å². The van der Waals surface area contributed by atoms with Gasteiger partial charge in [0, 0.05) is 6.07 Å². The number of benzene rings is 2. The van der Waals surface area contributed by atoms with E-state index in [-0.39, 0.29) is 11.5 Å². The standard InChI is InChI=1S/C15H10O3/c16-12-7-14(17)13-6-11(9-18-15(13)8-12)10-4-2-1-3-5-10/h1-9H,(H-,16,17)/p+1. The first-order valence-corrected chi connectivity index (χ1v) is 5.57. The second-order valence-corrected chi connectivity index (χ2v) is 4.08. The smallest absolute Gasteiger partial charge is 0.367 e. The van der Waals surface area contributed by atoms with Gasteiger partial charge in [0.15, 0.2) is 0 Å². The molecular weight excluding hydrogens is 228 g/mol. The van der Waals surface area contributed by atoms with Crippen molar-refractivity contribution < 1.29 is 14.6 Å². The number of aromatic hydroxyl groups is 2. The van der Waals surface area contributed by atoms with Crippen LogP contribution in [-0.2, 0) is 0 Å². The van der Waals surface area contributed by atoms with Gasteiger partial charge in [-0.3, -0.25) is 0 Å². The van der Waals surface area contributed by atoms with Crippen molar-refractivity contribution in [3.63, 3.8) is 0 Å². The van der Waals surface area contributed by atoms with Crippen LogP contribution >= 0.6 is 0 Å². The monoisotopic (exact) mass is 239 g/mol. The summed E-state index contributed by atoms with van der Waals surface area (Å²) < 4.78 is 5.44. The molecule has 3 nitrogen and oxygen atoms in total. The Morgan fingerprint density at radius 3 is 2.39 bits per heavy atom. The summed E-state index contributed by atoms with van der Waals surface area (Å²) in [6.45, 7) is 0. The molecule has 88 valence electrons. The van der Waals surface area contributed by atoms with Gasteiger partial charge in [-0.2, -0.15) is 0 Å². The van der Waals surface area contributed by atoms with Gasteiger partial charge in [-0.15, -0.1) is 0 Å². The minimum atomic E-state index is -0.0174. The lowest BCUT2D eigenvalue weighted by Gasteiger charge is -1.99. The van der Waals surface area contributed by atoms with E-state index in [0.29, 0.717) is 11.0 Å². The molecule has 0 amide bonds. The maximum absolute atomic E-state index is 9.80. The number of fused-ring (bicyclic) bond motifs is 1. The molecule has 0 saturated heterocycles. The molecule has 0 aliphatic carbocycles. The van der Waals surface area contributed by atoms with Crippen molar-refractivity contribution in [2.75, 3.05) is 0 Å². The maximum atomic E-state index is 9.80. The van der Waals surface area contributed by atoms with Gasteiger partial charge in [0.2, 0.25) is 0 Å². The van der Waals surface area contributed by atoms with E-state index in [1.54, 1.807) is 6.26 Å². The van der Waals surface area contributed by atoms with E-state index < -0.39 is 0 Å². The Kier molecular flexibility index (Phi) is 2.38. The molecule has 0 bridgehead atoms. The van der Waals surface area contributed by atoms with Crippen LogP contribution in [0.4, 0.5) is 0 Å². The molecule has 3 aromatic rings. The molecule has 0 atom stereocenters. The molecular formula is C15H11O3+. The SMILES string of the molecule is Oc1cc(O)c2cc(-c3ccccc3)c[o+]c2c1. The zero-order valence-corrected chi connectivity index (χ0v) is 9.50. The highest BCUT2D eigenvalue weighted by Gasteiger charge is 2.14. The maximum Gasteiger partial charge on any atom is 0.367 e. The van der Waals surface area contributed by atoms with E-state index in [4.69, 9.17) is 4.42 Å². The van der Waals surface area contributed by atoms with Crippen LogP contribution in [0.3, 0.4) is 0 Å². The summed E-state index contributed by atoms with van der Waals surface area (Å²) in [5, 5.41) is 19.8. The summed E-state index contributed by atoms with van der Waals surface area (Å²) in [4.78, 5) is 0. The average Bonchev–Trinajstić information content (AvgIpc) is 2.39. The van der Waals surface area contributed by atoms with E-state index >= 15 is 0 Å². The Labute approximate surface area is 104 Å². The van der Waals surface area contributed by atoms with Crippen molar-refractivity contribution in [2.24, 2.45) is 0 Å². The summed E-state index contributed by atoms with van der Waals surface area (Å²) in [6, 6.07) is 14.4. The zero-order valence-electron chi connectivity index (χ0n) is 9.50. The summed E-state index contributed by atoms with van der Waals surface area (Å²) in [5.74, 6) is -0.0113. The fraction of sp³-hybridized carbons (Fsp3) is 0. The van der Waals surface area contributed by atoms with Gasteiger partial charge in [-0.1, -0.05) is 30.3 Å². The first-order valence-electron chi connectivity index (χ1n) is 5.57. The third-order valence-electron chi connectivity index (χ3n) is 2.82. The van der Waals surface area contributed by atoms with Crippen molar-refractivity contribution in [1.82, 2.24) is 0 Å². The van der Waals surface area contributed by atoms with E-state index in [1.807, 2.05) is 36.4 Å². The van der Waals surface area contributed by atoms with Gasteiger partial charge in [0.1, 0.15) is 16.9 Å². The van der Waals surface area contributed by atoms with Crippen molar-refractivity contribution in [3.8, 4) is 22.6 Å². The molecule has 3 heteroatoms. The van der Waals surface area contributed by atoms with E-state index in [1.165, 1.54) is 12.1 Å². The Hall–Kier alpha value is -2.55. The molecule has 0 saturated carbocycles. The highest BCUT2D eigenvalue weighted by molar-refractivity contribution is 5.88. The largest absolute Gasteiger partial charge is 0.507 e. The minimum absolute atomic E-state index is 0.00605. The number of rotatable bonds is 1. The quantitative estimate of drug-likeness (QED) is 0.635. The van der Waals surface area contributed by atoms with Gasteiger partial charge in [0.25, 0.3) is 0 Å². The summed E-state index contributed by atoms with van der Waals surface area (Å²) in [6.07, 6.45) is 1.61. The summed E-state index contributed by atoms with van der Waals surface area (Å²) in [7, 11) is 0. The lowest BCUT2D eigenvalue weighted by molar-refractivity contribution is 0.452. The van der Waals surface area contributed by atoms with Gasteiger partial charge in [0.05, 0.1) is 11.6 Å². The van der Waals surface area contributed by atoms with Crippen LogP contribution in [-0.4, -0.2) is 10.2 Å². The molecule has 0 unspecified atom stereocenters. The molecule has 18 heavy (non-hydrogen) atoms. The molecule has 0 fully saturated rings. The third-order valence-corrected chi connectivity index (χ3v) is 2.82. The molecule has 1 heterocycles. The summed E-state index contributed by atoms with van der Waals surface area (Å²) in [5.41, 5.74) is 2.34. The first-order chi connectivity index (χ1) is 8.74. The minimum Gasteiger partial charge on any atom is -0.507 e. The Morgan fingerprint density at radius 2 is 1.61 bits per heavy atom. The van der Waals surface area contributed by atoms with Crippen LogP contribution in [0.5, 0.6) is 11.5 Å². The zero-order chi connectivity index (χ0) is 12.5. The molecule has 3 rings (SSSR count). The lowest BCUT2D eigenvalue weighted by Crippen LogP contribution is -1.79. The Morgan fingerprint density at radius 1 is 0.833 bits per heavy atom. The van der Waals surface area contributed by atoms with Crippen LogP contribution in [0.25, 0.3) is 22.1 Å². The topological polar surface area (TPSA) is 51.8 Å². The molecule has 0 aliphatic heterocycles. The highest BCUT2D eigenvalue weighted by atomic mass is 16.3. The summed E-state index contributed by atoms with van der Waals surface area (Å²) >= 11 is 0. The van der Waals surface area contributed by atoms with E-state index in [0.717, 1.165) is 11.1 Å². The molecule has 2 aromatic carbocycles. The van der Waals surface area contributed by atoms with E-state index in [9.17, 15) is 10.2 Å². The molecule has 2 N–H and O–H groups in total. The number of phenolic OH excluding ortho intramolecular Hbond substituents is 2. The average molecular weight is 239 g/mol. The fourth-order valence-corrected chi connectivity index (χ4v) is 1.94. The van der Waals surface area contributed by atoms with Crippen LogP contribution in [0, 0.1) is 0 Å². The van der Waals surface area contributed by atoms with Crippen molar-refractivity contribution >= 4 is 11.0 Å².